The van der Waals surface area contributed by atoms with Crippen LogP contribution in [0.1, 0.15) is 21.5 Å². The summed E-state index contributed by atoms with van der Waals surface area (Å²) in [6.07, 6.45) is 4.44. The zero-order valence-corrected chi connectivity index (χ0v) is 11.9. The van der Waals surface area contributed by atoms with Gasteiger partial charge in [-0.15, -0.1) is 0 Å². The number of nitrogens with zero attached hydrogens (tertiary/aromatic N) is 4. The molecule has 0 atom stereocenters. The number of hydrogen-bond acceptors (Lipinski definition) is 5. The van der Waals surface area contributed by atoms with E-state index < -0.39 is 5.56 Å². The Balaban J connectivity index is 1.88. The summed E-state index contributed by atoms with van der Waals surface area (Å²) in [5.41, 5.74) is 0.410. The third-order valence-electron chi connectivity index (χ3n) is 3.28. The number of nitriles is 1. The average Bonchev–Trinajstić information content (AvgIpc) is 3.11. The molecule has 0 saturated heterocycles. The van der Waals surface area contributed by atoms with Crippen LogP contribution in [0.4, 0.5) is 0 Å². The second kappa shape index (κ2) is 6.07. The minimum atomic E-state index is -0.409. The van der Waals surface area contributed by atoms with Crippen molar-refractivity contribution in [2.24, 2.45) is 0 Å². The number of carbonyl (C=O) groups excluding carboxylic acids is 1. The topological polar surface area (TPSA) is 104 Å². The molecular weight excluding hydrogens is 294 g/mol. The first-order chi connectivity index (χ1) is 11.2. The van der Waals surface area contributed by atoms with Crippen LogP contribution < -0.4 is 5.56 Å². The Kier molecular flexibility index (Phi) is 3.80. The van der Waals surface area contributed by atoms with Gasteiger partial charge in [0.25, 0.3) is 5.56 Å². The second-order valence-corrected chi connectivity index (χ2v) is 4.77. The van der Waals surface area contributed by atoms with Crippen LogP contribution in [0.2, 0.25) is 0 Å². The van der Waals surface area contributed by atoms with Crippen molar-refractivity contribution >= 4 is 5.78 Å². The molecule has 0 fully saturated rings. The van der Waals surface area contributed by atoms with E-state index >= 15 is 0 Å². The van der Waals surface area contributed by atoms with E-state index in [1.807, 2.05) is 6.07 Å². The first-order valence-electron chi connectivity index (χ1n) is 6.79. The summed E-state index contributed by atoms with van der Waals surface area (Å²) < 4.78 is 1.41. The molecule has 0 aliphatic heterocycles. The lowest BCUT2D eigenvalue weighted by atomic mass is 10.0. The Labute approximate surface area is 130 Å². The van der Waals surface area contributed by atoms with E-state index in [2.05, 4.69) is 15.1 Å². The van der Waals surface area contributed by atoms with Crippen LogP contribution in [-0.2, 0) is 6.42 Å². The molecule has 0 aliphatic rings. The van der Waals surface area contributed by atoms with Gasteiger partial charge in [-0.05, 0) is 12.1 Å². The van der Waals surface area contributed by atoms with Crippen LogP contribution in [0.3, 0.4) is 0 Å². The normalized spacial score (nSPS) is 10.2. The highest BCUT2D eigenvalue weighted by atomic mass is 16.1. The third-order valence-corrected chi connectivity index (χ3v) is 3.28. The van der Waals surface area contributed by atoms with Crippen LogP contribution in [0.5, 0.6) is 0 Å². The number of nitrogens with one attached hydrogen (secondary N) is 1. The molecule has 0 unspecified atom stereocenters. The van der Waals surface area contributed by atoms with Gasteiger partial charge in [-0.2, -0.15) is 10.4 Å². The fourth-order valence-corrected chi connectivity index (χ4v) is 2.14. The highest BCUT2D eigenvalue weighted by Gasteiger charge is 2.14. The van der Waals surface area contributed by atoms with Crippen LogP contribution >= 0.6 is 0 Å². The molecule has 1 aromatic carbocycles. The molecule has 3 rings (SSSR count). The van der Waals surface area contributed by atoms with Crippen molar-refractivity contribution in [3.05, 3.63) is 76.0 Å². The van der Waals surface area contributed by atoms with Gasteiger partial charge >= 0.3 is 0 Å². The highest BCUT2D eigenvalue weighted by molar-refractivity contribution is 5.99. The Hall–Kier alpha value is -3.53. The number of hydrogen-bond donors (Lipinski definition) is 1. The Morgan fingerprint density at radius 1 is 1.30 bits per heavy atom. The molecule has 112 valence electrons. The molecule has 2 aromatic heterocycles. The van der Waals surface area contributed by atoms with Gasteiger partial charge in [0.05, 0.1) is 11.6 Å². The lowest BCUT2D eigenvalue weighted by molar-refractivity contribution is 0.0992. The number of Topliss-reactive ketones (excluding diaryl/α,β-unsaturated/α-hetero) is 1. The zero-order chi connectivity index (χ0) is 16.2. The molecule has 0 saturated carbocycles. The molecule has 7 nitrogen and oxygen atoms in total. The summed E-state index contributed by atoms with van der Waals surface area (Å²) in [7, 11) is 0. The number of carbonyl (C=O) groups is 1. The van der Waals surface area contributed by atoms with Crippen molar-refractivity contribution < 1.29 is 4.79 Å². The fourth-order valence-electron chi connectivity index (χ4n) is 2.14. The first kappa shape index (κ1) is 14.4. The van der Waals surface area contributed by atoms with Gasteiger partial charge in [0.2, 0.25) is 5.95 Å². The number of H-pyrrole nitrogens is 1. The Bertz CT molecular complexity index is 951. The van der Waals surface area contributed by atoms with E-state index in [1.54, 1.807) is 42.7 Å². The fraction of sp³-hybridized carbons (Fsp3) is 0.0625. The summed E-state index contributed by atoms with van der Waals surface area (Å²) in [6, 6.07) is 10.2. The molecule has 0 bridgehead atoms. The van der Waals surface area contributed by atoms with E-state index in [1.165, 1.54) is 10.9 Å². The number of aromatic nitrogens is 4. The molecule has 0 aliphatic carbocycles. The van der Waals surface area contributed by atoms with E-state index in [9.17, 15) is 9.59 Å². The lowest BCUT2D eigenvalue weighted by Crippen LogP contribution is -2.20. The van der Waals surface area contributed by atoms with E-state index in [0.717, 1.165) is 0 Å². The summed E-state index contributed by atoms with van der Waals surface area (Å²) in [4.78, 5) is 31.1. The van der Waals surface area contributed by atoms with E-state index in [0.29, 0.717) is 5.56 Å². The predicted octanol–water partition coefficient (Wildman–Crippen LogP) is 1.25. The highest BCUT2D eigenvalue weighted by Crippen LogP contribution is 2.10. The zero-order valence-electron chi connectivity index (χ0n) is 11.9. The largest absolute Gasteiger partial charge is 0.294 e. The number of ketones is 1. The monoisotopic (exact) mass is 305 g/mol. The maximum Gasteiger partial charge on any atom is 0.255 e. The molecule has 3 aromatic rings. The third kappa shape index (κ3) is 2.91. The minimum Gasteiger partial charge on any atom is -0.294 e. The van der Waals surface area contributed by atoms with Gasteiger partial charge in [0, 0.05) is 36.1 Å². The second-order valence-electron chi connectivity index (χ2n) is 4.77. The van der Waals surface area contributed by atoms with Crippen molar-refractivity contribution in [2.45, 2.75) is 6.42 Å². The van der Waals surface area contributed by atoms with Crippen LogP contribution in [-0.4, -0.2) is 25.5 Å². The minimum absolute atomic E-state index is 0.125. The van der Waals surface area contributed by atoms with Crippen molar-refractivity contribution in [1.82, 2.24) is 19.7 Å². The summed E-state index contributed by atoms with van der Waals surface area (Å²) >= 11 is 0. The van der Waals surface area contributed by atoms with Gasteiger partial charge in [-0.25, -0.2) is 9.67 Å². The maximum absolute atomic E-state index is 12.3. The smallest absolute Gasteiger partial charge is 0.255 e. The van der Waals surface area contributed by atoms with Gasteiger partial charge in [0.1, 0.15) is 0 Å². The Morgan fingerprint density at radius 3 is 2.83 bits per heavy atom. The maximum atomic E-state index is 12.3. The van der Waals surface area contributed by atoms with Gasteiger partial charge < -0.3 is 0 Å². The quantitative estimate of drug-likeness (QED) is 0.730. The molecular formula is C16H11N5O2. The number of rotatable bonds is 4. The molecule has 2 heterocycles. The first-order valence-corrected chi connectivity index (χ1v) is 6.79. The van der Waals surface area contributed by atoms with Crippen molar-refractivity contribution in [3.8, 4) is 12.0 Å². The summed E-state index contributed by atoms with van der Waals surface area (Å²) in [5, 5.41) is 13.0. The molecule has 7 heteroatoms. The SMILES string of the molecule is N#Cc1ccccc1C(=O)Cc1cnc(-n2cccn2)[nH]c1=O. The molecule has 23 heavy (non-hydrogen) atoms. The van der Waals surface area contributed by atoms with E-state index in [4.69, 9.17) is 5.26 Å². The van der Waals surface area contributed by atoms with Gasteiger partial charge in [-0.3, -0.25) is 14.6 Å². The van der Waals surface area contributed by atoms with Gasteiger partial charge in [0.15, 0.2) is 5.78 Å². The lowest BCUT2D eigenvalue weighted by Gasteiger charge is -2.04. The van der Waals surface area contributed by atoms with Crippen molar-refractivity contribution in [3.63, 3.8) is 0 Å². The van der Waals surface area contributed by atoms with Crippen molar-refractivity contribution in [2.75, 3.05) is 0 Å². The number of aromatic amines is 1. The van der Waals surface area contributed by atoms with Crippen LogP contribution in [0.15, 0.2) is 53.7 Å². The summed E-state index contributed by atoms with van der Waals surface area (Å²) in [5.74, 6) is -0.0325. The van der Waals surface area contributed by atoms with Crippen LogP contribution in [0, 0.1) is 11.3 Å². The van der Waals surface area contributed by atoms with Crippen molar-refractivity contribution in [1.29, 1.82) is 5.26 Å². The molecule has 0 spiro atoms. The Morgan fingerprint density at radius 2 is 2.13 bits per heavy atom. The molecule has 1 N–H and O–H groups in total. The molecule has 0 radical (unpaired) electrons. The van der Waals surface area contributed by atoms with Crippen LogP contribution in [0.25, 0.3) is 5.95 Å². The molecule has 0 amide bonds. The standard InChI is InChI=1S/C16H11N5O2/c17-9-11-4-1-2-5-13(11)14(22)8-12-10-18-16(20-15(12)23)21-7-3-6-19-21/h1-7,10H,8H2,(H,18,20,23). The number of benzene rings is 1. The average molecular weight is 305 g/mol. The van der Waals surface area contributed by atoms with Gasteiger partial charge in [-0.1, -0.05) is 18.2 Å². The summed E-state index contributed by atoms with van der Waals surface area (Å²) in [6.45, 7) is 0. The van der Waals surface area contributed by atoms with E-state index in [-0.39, 0.29) is 29.3 Å². The predicted molar refractivity (Wildman–Crippen MR) is 81.2 cm³/mol.